The first-order chi connectivity index (χ1) is 23.0. The predicted molar refractivity (Wildman–Crippen MR) is 182 cm³/mol. The Labute approximate surface area is 285 Å². The monoisotopic (exact) mass is 698 g/mol. The Hall–Kier alpha value is -2.91. The fourth-order valence-corrected chi connectivity index (χ4v) is 5.02. The molecule has 1 aliphatic rings. The van der Waals surface area contributed by atoms with Crippen LogP contribution in [0.5, 0.6) is 0 Å². The molecule has 0 aromatic heterocycles. The normalized spacial score (nSPS) is 23.0. The summed E-state index contributed by atoms with van der Waals surface area (Å²) in [4.78, 5) is 24.9. The Kier molecular flexibility index (Phi) is 23.4. The maximum atomic E-state index is 12.6. The second kappa shape index (κ2) is 26.0. The fourth-order valence-electron chi connectivity index (χ4n) is 4.33. The molecule has 13 heteroatoms. The standard InChI is InChI=1S/C35H54O12S/c1-3-5-7-9-11-12-13-14-15-16-18-20-22-24-31(37)46-28(25-44-30(36)23-21-19-17-10-8-6-4-2)26-45-35-34(40)33(39)32(38)29(47-35)27-48(41,42)43/h5-9,11-15,17,19,28-29,32-35,38-40H,3-4,10,16,18,20-27H2,1-2H3,(H,41,42,43)/b7-5+,8-6+,11-9+,13-12+,15-14+,19-17+/t28?,29-,32-,33?,34?,35+/m1/s1. The molecule has 3 unspecified atom stereocenters. The van der Waals surface area contributed by atoms with Gasteiger partial charge in [0.05, 0.1) is 6.61 Å². The van der Waals surface area contributed by atoms with Crippen molar-refractivity contribution in [1.82, 2.24) is 0 Å². The highest BCUT2D eigenvalue weighted by Gasteiger charge is 2.46. The molecule has 4 N–H and O–H groups in total. The summed E-state index contributed by atoms with van der Waals surface area (Å²) in [6.45, 7) is 3.30. The van der Waals surface area contributed by atoms with Gasteiger partial charge in [0, 0.05) is 12.8 Å². The Bertz CT molecular complexity index is 1190. The van der Waals surface area contributed by atoms with Crippen LogP contribution < -0.4 is 0 Å². The van der Waals surface area contributed by atoms with Crippen LogP contribution in [0.2, 0.25) is 0 Å². The van der Waals surface area contributed by atoms with E-state index >= 15 is 0 Å². The van der Waals surface area contributed by atoms with E-state index < -0.39 is 71.2 Å². The van der Waals surface area contributed by atoms with Crippen molar-refractivity contribution in [3.05, 3.63) is 72.9 Å². The van der Waals surface area contributed by atoms with E-state index in [0.717, 1.165) is 38.5 Å². The lowest BCUT2D eigenvalue weighted by atomic mass is 10.00. The summed E-state index contributed by atoms with van der Waals surface area (Å²) in [6.07, 6.45) is 20.3. The molecule has 12 nitrogen and oxygen atoms in total. The Morgan fingerprint density at radius 2 is 1.40 bits per heavy atom. The molecule has 0 spiro atoms. The smallest absolute Gasteiger partial charge is 0.306 e. The van der Waals surface area contributed by atoms with Crippen LogP contribution in [0.4, 0.5) is 0 Å². The Morgan fingerprint density at radius 3 is 2.08 bits per heavy atom. The molecular formula is C35H54O12S. The number of carbonyl (C=O) groups is 2. The summed E-state index contributed by atoms with van der Waals surface area (Å²) in [5, 5.41) is 30.6. The first kappa shape index (κ1) is 43.1. The molecule has 0 bridgehead atoms. The average Bonchev–Trinajstić information content (AvgIpc) is 3.04. The molecule has 1 rings (SSSR count). The number of hydrogen-bond donors (Lipinski definition) is 4. The summed E-state index contributed by atoms with van der Waals surface area (Å²) < 4.78 is 53.4. The van der Waals surface area contributed by atoms with E-state index in [9.17, 15) is 33.3 Å². The molecule has 0 saturated carbocycles. The van der Waals surface area contributed by atoms with Crippen LogP contribution in [0.1, 0.15) is 78.1 Å². The van der Waals surface area contributed by atoms with Crippen molar-refractivity contribution in [1.29, 1.82) is 0 Å². The molecule has 1 saturated heterocycles. The van der Waals surface area contributed by atoms with Gasteiger partial charge in [0.1, 0.15) is 36.8 Å². The molecule has 272 valence electrons. The van der Waals surface area contributed by atoms with Gasteiger partial charge in [-0.1, -0.05) is 93.2 Å². The number of carbonyl (C=O) groups excluding carboxylic acids is 2. The maximum Gasteiger partial charge on any atom is 0.306 e. The highest BCUT2D eigenvalue weighted by atomic mass is 32.2. The molecule has 6 atom stereocenters. The van der Waals surface area contributed by atoms with E-state index in [1.165, 1.54) is 0 Å². The van der Waals surface area contributed by atoms with Gasteiger partial charge in [-0.05, 0) is 44.9 Å². The van der Waals surface area contributed by atoms with Gasteiger partial charge >= 0.3 is 11.9 Å². The number of aliphatic hydroxyl groups is 3. The van der Waals surface area contributed by atoms with Crippen molar-refractivity contribution in [3.8, 4) is 0 Å². The third kappa shape index (κ3) is 21.1. The Balaban J connectivity index is 2.66. The zero-order valence-corrected chi connectivity index (χ0v) is 28.9. The van der Waals surface area contributed by atoms with Gasteiger partial charge in [0.25, 0.3) is 10.1 Å². The predicted octanol–water partition coefficient (Wildman–Crippen LogP) is 4.43. The summed E-state index contributed by atoms with van der Waals surface area (Å²) in [7, 11) is -4.61. The highest BCUT2D eigenvalue weighted by Crippen LogP contribution is 2.23. The van der Waals surface area contributed by atoms with Crippen molar-refractivity contribution in [3.63, 3.8) is 0 Å². The van der Waals surface area contributed by atoms with Crippen LogP contribution in [0, 0.1) is 0 Å². The molecule has 0 aliphatic carbocycles. The largest absolute Gasteiger partial charge is 0.462 e. The van der Waals surface area contributed by atoms with E-state index in [2.05, 4.69) is 13.0 Å². The zero-order valence-electron chi connectivity index (χ0n) is 28.0. The molecule has 0 amide bonds. The lowest BCUT2D eigenvalue weighted by Gasteiger charge is -2.40. The number of aliphatic hydroxyl groups excluding tert-OH is 3. The first-order valence-corrected chi connectivity index (χ1v) is 18.2. The molecule has 1 heterocycles. The second-order valence-corrected chi connectivity index (χ2v) is 12.6. The van der Waals surface area contributed by atoms with E-state index in [0.29, 0.717) is 12.8 Å². The van der Waals surface area contributed by atoms with Crippen molar-refractivity contribution in [2.45, 2.75) is 115 Å². The van der Waals surface area contributed by atoms with Gasteiger partial charge < -0.3 is 34.3 Å². The van der Waals surface area contributed by atoms with E-state index in [1.807, 2.05) is 73.8 Å². The number of allylic oxidation sites excluding steroid dienone is 12. The van der Waals surface area contributed by atoms with Crippen LogP contribution >= 0.6 is 0 Å². The van der Waals surface area contributed by atoms with Crippen LogP contribution in [0.15, 0.2) is 72.9 Å². The Morgan fingerprint density at radius 1 is 0.729 bits per heavy atom. The number of rotatable bonds is 24. The van der Waals surface area contributed by atoms with Gasteiger partial charge in [-0.2, -0.15) is 8.42 Å². The minimum atomic E-state index is -4.61. The average molecular weight is 699 g/mol. The molecule has 0 aromatic carbocycles. The molecule has 1 fully saturated rings. The SMILES string of the molecule is CC/C=C/C=C/C=C/C=C/CCCCCC(=O)OC(COC(=O)CC/C=C/C/C=C/CC)CO[C@H]1O[C@H](CS(=O)(=O)O)[C@@H](O)C(O)C1O. The fraction of sp³-hybridized carbons (Fsp3) is 0.600. The van der Waals surface area contributed by atoms with Crippen molar-refractivity contribution in [2.75, 3.05) is 19.0 Å². The molecule has 0 radical (unpaired) electrons. The van der Waals surface area contributed by atoms with E-state index in [-0.39, 0.29) is 19.4 Å². The minimum absolute atomic E-state index is 0.0958. The number of unbranched alkanes of at least 4 members (excludes halogenated alkanes) is 3. The van der Waals surface area contributed by atoms with Gasteiger partial charge in [-0.25, -0.2) is 0 Å². The van der Waals surface area contributed by atoms with Crippen molar-refractivity contribution < 1.29 is 56.8 Å². The van der Waals surface area contributed by atoms with E-state index in [1.54, 1.807) is 0 Å². The molecule has 0 aromatic rings. The van der Waals surface area contributed by atoms with Gasteiger partial charge in [-0.3, -0.25) is 14.1 Å². The van der Waals surface area contributed by atoms with Crippen molar-refractivity contribution in [2.24, 2.45) is 0 Å². The summed E-state index contributed by atoms with van der Waals surface area (Å²) in [5.74, 6) is -2.15. The van der Waals surface area contributed by atoms with E-state index in [4.69, 9.17) is 23.5 Å². The third-order valence-electron chi connectivity index (χ3n) is 6.89. The number of ether oxygens (including phenoxy) is 4. The number of hydrogen-bond acceptors (Lipinski definition) is 11. The van der Waals surface area contributed by atoms with Gasteiger partial charge in [0.2, 0.25) is 0 Å². The van der Waals surface area contributed by atoms with Gasteiger partial charge in [-0.15, -0.1) is 0 Å². The first-order valence-electron chi connectivity index (χ1n) is 16.5. The summed E-state index contributed by atoms with van der Waals surface area (Å²) in [6, 6.07) is 0. The minimum Gasteiger partial charge on any atom is -0.462 e. The van der Waals surface area contributed by atoms with Gasteiger partial charge in [0.15, 0.2) is 12.4 Å². The van der Waals surface area contributed by atoms with Crippen LogP contribution in [-0.4, -0.2) is 96.0 Å². The third-order valence-corrected chi connectivity index (χ3v) is 7.64. The number of esters is 2. The quantitative estimate of drug-likeness (QED) is 0.0366. The zero-order chi connectivity index (χ0) is 35.6. The lowest BCUT2D eigenvalue weighted by molar-refractivity contribution is -0.297. The van der Waals surface area contributed by atoms with Crippen LogP contribution in [0.3, 0.4) is 0 Å². The molecule has 48 heavy (non-hydrogen) atoms. The maximum absolute atomic E-state index is 12.6. The highest BCUT2D eigenvalue weighted by molar-refractivity contribution is 7.85. The summed E-state index contributed by atoms with van der Waals surface area (Å²) >= 11 is 0. The molecular weight excluding hydrogens is 644 g/mol. The van der Waals surface area contributed by atoms with Crippen LogP contribution in [-0.2, 0) is 38.7 Å². The lowest BCUT2D eigenvalue weighted by Crippen LogP contribution is -2.60. The van der Waals surface area contributed by atoms with Crippen LogP contribution in [0.25, 0.3) is 0 Å². The second-order valence-electron chi connectivity index (χ2n) is 11.2. The topological polar surface area (TPSA) is 186 Å². The summed E-state index contributed by atoms with van der Waals surface area (Å²) in [5.41, 5.74) is 0. The molecule has 1 aliphatic heterocycles. The van der Waals surface area contributed by atoms with Crippen molar-refractivity contribution >= 4 is 22.1 Å².